The first-order chi connectivity index (χ1) is 12.6. The Morgan fingerprint density at radius 3 is 2.42 bits per heavy atom. The lowest BCUT2D eigenvalue weighted by Crippen LogP contribution is -2.02. The first-order valence-corrected chi connectivity index (χ1v) is 8.52. The number of imidazole rings is 1. The molecular weight excluding hydrogens is 350 g/mol. The van der Waals surface area contributed by atoms with Crippen LogP contribution in [0, 0.1) is 0 Å². The van der Waals surface area contributed by atoms with E-state index in [1.165, 1.54) is 6.33 Å². The monoisotopic (exact) mass is 365 g/mol. The molecule has 0 aliphatic carbocycles. The lowest BCUT2D eigenvalue weighted by molar-refractivity contribution is 0.612. The fourth-order valence-electron chi connectivity index (χ4n) is 2.69. The Labute approximate surface area is 155 Å². The molecule has 0 atom stereocenters. The molecule has 0 radical (unpaired) electrons. The van der Waals surface area contributed by atoms with Crippen LogP contribution in [0.4, 0.5) is 11.5 Å². The van der Waals surface area contributed by atoms with Crippen molar-refractivity contribution in [2.75, 3.05) is 5.32 Å². The van der Waals surface area contributed by atoms with E-state index in [9.17, 15) is 0 Å². The van der Waals surface area contributed by atoms with E-state index in [2.05, 4.69) is 44.1 Å². The summed E-state index contributed by atoms with van der Waals surface area (Å²) in [6.45, 7) is 4.13. The van der Waals surface area contributed by atoms with Crippen LogP contribution in [0.2, 0.25) is 5.28 Å². The lowest BCUT2D eigenvalue weighted by atomic mass is 10.1. The molecule has 1 N–H and O–H groups in total. The van der Waals surface area contributed by atoms with Gasteiger partial charge in [0.2, 0.25) is 5.28 Å². The fraction of sp³-hybridized carbons (Fsp3) is 0.167. The quantitative estimate of drug-likeness (QED) is 0.544. The third-order valence-electron chi connectivity index (χ3n) is 3.99. The van der Waals surface area contributed by atoms with Crippen LogP contribution in [0.3, 0.4) is 0 Å². The molecule has 4 rings (SSSR count). The Hall–Kier alpha value is -3.06. The van der Waals surface area contributed by atoms with Crippen molar-refractivity contribution in [3.63, 3.8) is 0 Å². The summed E-state index contributed by atoms with van der Waals surface area (Å²) < 4.78 is 1.96. The third kappa shape index (κ3) is 3.09. The van der Waals surface area contributed by atoms with Gasteiger partial charge in [0.15, 0.2) is 17.0 Å². The van der Waals surface area contributed by atoms with Gasteiger partial charge >= 0.3 is 0 Å². The number of fused-ring (bicyclic) bond motifs is 1. The van der Waals surface area contributed by atoms with Gasteiger partial charge in [0, 0.05) is 29.7 Å². The van der Waals surface area contributed by atoms with E-state index >= 15 is 0 Å². The number of nitrogens with zero attached hydrogens (tertiary/aromatic N) is 6. The maximum atomic E-state index is 6.11. The van der Waals surface area contributed by atoms with Gasteiger partial charge in [0.1, 0.15) is 6.33 Å². The van der Waals surface area contributed by atoms with Crippen molar-refractivity contribution in [2.45, 2.75) is 19.9 Å². The second kappa shape index (κ2) is 6.68. The van der Waals surface area contributed by atoms with E-state index in [0.717, 1.165) is 16.8 Å². The number of halogens is 1. The Bertz CT molecular complexity index is 1040. The zero-order chi connectivity index (χ0) is 18.1. The normalized spacial score (nSPS) is 11.2. The Morgan fingerprint density at radius 1 is 1.00 bits per heavy atom. The summed E-state index contributed by atoms with van der Waals surface area (Å²) in [5.74, 6) is 0.579. The maximum Gasteiger partial charge on any atom is 0.226 e. The van der Waals surface area contributed by atoms with Gasteiger partial charge in [-0.2, -0.15) is 9.97 Å². The van der Waals surface area contributed by atoms with Crippen LogP contribution in [0.25, 0.3) is 22.3 Å². The highest BCUT2D eigenvalue weighted by atomic mass is 35.5. The Balaban J connectivity index is 1.67. The van der Waals surface area contributed by atoms with Crippen molar-refractivity contribution in [3.05, 3.63) is 54.6 Å². The Kier molecular flexibility index (Phi) is 4.22. The average molecular weight is 366 g/mol. The largest absolute Gasteiger partial charge is 0.338 e. The molecule has 4 aromatic rings. The van der Waals surface area contributed by atoms with Gasteiger partial charge in [-0.05, 0) is 43.1 Å². The van der Waals surface area contributed by atoms with Crippen LogP contribution >= 0.6 is 11.6 Å². The van der Waals surface area contributed by atoms with Crippen molar-refractivity contribution in [1.29, 1.82) is 0 Å². The number of hydrogen-bond acceptors (Lipinski definition) is 6. The van der Waals surface area contributed by atoms with Gasteiger partial charge in [-0.3, -0.25) is 0 Å². The summed E-state index contributed by atoms with van der Waals surface area (Å²) in [6.07, 6.45) is 6.83. The lowest BCUT2D eigenvalue weighted by Gasteiger charge is -2.10. The molecule has 3 aromatic heterocycles. The van der Waals surface area contributed by atoms with E-state index in [1.807, 2.05) is 28.8 Å². The highest BCUT2D eigenvalue weighted by molar-refractivity contribution is 6.28. The van der Waals surface area contributed by atoms with Gasteiger partial charge < -0.3 is 9.88 Å². The van der Waals surface area contributed by atoms with Crippen molar-refractivity contribution in [3.8, 4) is 11.1 Å². The van der Waals surface area contributed by atoms with E-state index in [-0.39, 0.29) is 11.3 Å². The summed E-state index contributed by atoms with van der Waals surface area (Å²) in [6, 6.07) is 8.14. The predicted molar refractivity (Wildman–Crippen MR) is 101 cm³/mol. The number of aromatic nitrogens is 6. The number of benzene rings is 1. The van der Waals surface area contributed by atoms with Crippen molar-refractivity contribution < 1.29 is 0 Å². The maximum absolute atomic E-state index is 6.11. The molecule has 0 unspecified atom stereocenters. The summed E-state index contributed by atoms with van der Waals surface area (Å²) in [5, 5.41) is 3.46. The average Bonchev–Trinajstić information content (AvgIpc) is 3.07. The third-order valence-corrected chi connectivity index (χ3v) is 4.16. The molecule has 0 bridgehead atoms. The molecule has 0 spiro atoms. The van der Waals surface area contributed by atoms with E-state index in [0.29, 0.717) is 17.0 Å². The smallest absolute Gasteiger partial charge is 0.226 e. The zero-order valence-corrected chi connectivity index (χ0v) is 15.0. The highest BCUT2D eigenvalue weighted by Gasteiger charge is 2.14. The number of anilines is 2. The van der Waals surface area contributed by atoms with Gasteiger partial charge in [-0.25, -0.2) is 15.0 Å². The summed E-state index contributed by atoms with van der Waals surface area (Å²) >= 11 is 6.11. The van der Waals surface area contributed by atoms with Gasteiger partial charge in [-0.1, -0.05) is 12.1 Å². The number of rotatable bonds is 4. The summed E-state index contributed by atoms with van der Waals surface area (Å²) in [7, 11) is 0. The minimum Gasteiger partial charge on any atom is -0.338 e. The van der Waals surface area contributed by atoms with Crippen LogP contribution in [0.1, 0.15) is 19.9 Å². The molecule has 0 fully saturated rings. The van der Waals surface area contributed by atoms with Crippen molar-refractivity contribution >= 4 is 34.3 Å². The first kappa shape index (κ1) is 16.4. The van der Waals surface area contributed by atoms with Crippen molar-refractivity contribution in [1.82, 2.24) is 29.5 Å². The van der Waals surface area contributed by atoms with Crippen LogP contribution in [-0.2, 0) is 0 Å². The van der Waals surface area contributed by atoms with E-state index in [4.69, 9.17) is 11.6 Å². The molecule has 8 heteroatoms. The highest BCUT2D eigenvalue weighted by Crippen LogP contribution is 2.27. The van der Waals surface area contributed by atoms with Crippen LogP contribution in [-0.4, -0.2) is 29.5 Å². The molecule has 3 heterocycles. The fourth-order valence-corrected chi connectivity index (χ4v) is 2.85. The minimum absolute atomic E-state index is 0.181. The van der Waals surface area contributed by atoms with Crippen LogP contribution in [0.5, 0.6) is 0 Å². The molecule has 130 valence electrons. The van der Waals surface area contributed by atoms with Gasteiger partial charge in [0.25, 0.3) is 0 Å². The standard InChI is InChI=1S/C18H16ClN7/c1-11(2)26-10-22-15-16(24-18(19)25-17(15)26)23-14-5-3-12(4-6-14)13-7-20-9-21-8-13/h3-11H,1-2H3,(H,23,24,25). The van der Waals surface area contributed by atoms with Crippen LogP contribution < -0.4 is 5.32 Å². The minimum atomic E-state index is 0.181. The molecule has 0 aliphatic heterocycles. The molecule has 0 saturated heterocycles. The topological polar surface area (TPSA) is 81.4 Å². The molecule has 0 saturated carbocycles. The van der Waals surface area contributed by atoms with Crippen molar-refractivity contribution in [2.24, 2.45) is 0 Å². The predicted octanol–water partition coefficient (Wildman–Crippen LogP) is 4.26. The first-order valence-electron chi connectivity index (χ1n) is 8.14. The number of hydrogen-bond donors (Lipinski definition) is 1. The molecular formula is C18H16ClN7. The summed E-state index contributed by atoms with van der Waals surface area (Å²) in [4.78, 5) is 21.1. The SMILES string of the molecule is CC(C)n1cnc2c(Nc3ccc(-c4cncnc4)cc3)nc(Cl)nc21. The molecule has 7 nitrogen and oxygen atoms in total. The van der Waals surface area contributed by atoms with Gasteiger partial charge in [-0.15, -0.1) is 0 Å². The molecule has 26 heavy (non-hydrogen) atoms. The zero-order valence-electron chi connectivity index (χ0n) is 14.3. The van der Waals surface area contributed by atoms with E-state index in [1.54, 1.807) is 18.7 Å². The molecule has 0 amide bonds. The summed E-state index contributed by atoms with van der Waals surface area (Å²) in [5.41, 5.74) is 4.26. The second-order valence-corrected chi connectivity index (χ2v) is 6.43. The second-order valence-electron chi connectivity index (χ2n) is 6.09. The molecule has 0 aliphatic rings. The Morgan fingerprint density at radius 2 is 1.73 bits per heavy atom. The van der Waals surface area contributed by atoms with E-state index < -0.39 is 0 Å². The molecule has 1 aromatic carbocycles. The number of nitrogens with one attached hydrogen (secondary N) is 1. The van der Waals surface area contributed by atoms with Crippen LogP contribution in [0.15, 0.2) is 49.3 Å². The van der Waals surface area contributed by atoms with Gasteiger partial charge in [0.05, 0.1) is 6.33 Å².